The number of benzene rings is 1. The van der Waals surface area contributed by atoms with Crippen molar-refractivity contribution in [3.63, 3.8) is 0 Å². The predicted molar refractivity (Wildman–Crippen MR) is 97.7 cm³/mol. The van der Waals surface area contributed by atoms with Crippen molar-refractivity contribution in [1.82, 2.24) is 18.9 Å². The molecule has 0 saturated heterocycles. The maximum Gasteiger partial charge on any atom is 0.253 e. The molecule has 0 fully saturated rings. The summed E-state index contributed by atoms with van der Waals surface area (Å²) < 4.78 is 3.66. The van der Waals surface area contributed by atoms with Crippen molar-refractivity contribution in [3.05, 3.63) is 88.4 Å². The molecule has 0 amide bonds. The first-order valence-electron chi connectivity index (χ1n) is 8.17. The Bertz CT molecular complexity index is 1110. The molecular formula is C20H18N4O. The van der Waals surface area contributed by atoms with Crippen molar-refractivity contribution in [2.45, 2.75) is 20.4 Å². The third-order valence-electron chi connectivity index (χ3n) is 4.30. The molecule has 1 aromatic carbocycles. The van der Waals surface area contributed by atoms with Gasteiger partial charge in [-0.25, -0.2) is 9.97 Å². The zero-order valence-corrected chi connectivity index (χ0v) is 14.2. The van der Waals surface area contributed by atoms with Crippen molar-refractivity contribution in [2.24, 2.45) is 0 Å². The van der Waals surface area contributed by atoms with Crippen LogP contribution in [0.2, 0.25) is 0 Å². The maximum absolute atomic E-state index is 12.1. The molecule has 0 spiro atoms. The van der Waals surface area contributed by atoms with Crippen molar-refractivity contribution in [3.8, 4) is 11.3 Å². The Morgan fingerprint density at radius 1 is 0.960 bits per heavy atom. The average molecular weight is 330 g/mol. The normalized spacial score (nSPS) is 11.1. The molecule has 4 aromatic rings. The number of fused-ring (bicyclic) bond motifs is 1. The van der Waals surface area contributed by atoms with Crippen molar-refractivity contribution >= 4 is 5.65 Å². The third kappa shape index (κ3) is 2.85. The smallest absolute Gasteiger partial charge is 0.253 e. The first-order valence-corrected chi connectivity index (χ1v) is 8.17. The molecule has 3 heterocycles. The fourth-order valence-corrected chi connectivity index (χ4v) is 2.95. The molecular weight excluding hydrogens is 312 g/mol. The van der Waals surface area contributed by atoms with Gasteiger partial charge in [0.25, 0.3) is 5.56 Å². The number of pyridine rings is 1. The van der Waals surface area contributed by atoms with Crippen molar-refractivity contribution in [1.29, 1.82) is 0 Å². The summed E-state index contributed by atoms with van der Waals surface area (Å²) in [5.74, 6) is 0. The van der Waals surface area contributed by atoms with E-state index in [0.717, 1.165) is 28.2 Å². The van der Waals surface area contributed by atoms with Gasteiger partial charge < -0.3 is 4.40 Å². The fraction of sp³-hybridized carbons (Fsp3) is 0.150. The van der Waals surface area contributed by atoms with Crippen LogP contribution in [0.1, 0.15) is 16.8 Å². The van der Waals surface area contributed by atoms with Gasteiger partial charge in [-0.3, -0.25) is 9.36 Å². The lowest BCUT2D eigenvalue weighted by molar-refractivity contribution is 0.714. The van der Waals surface area contributed by atoms with Gasteiger partial charge in [0.1, 0.15) is 5.65 Å². The van der Waals surface area contributed by atoms with Gasteiger partial charge in [0.15, 0.2) is 0 Å². The lowest BCUT2D eigenvalue weighted by Gasteiger charge is -2.08. The summed E-state index contributed by atoms with van der Waals surface area (Å²) in [4.78, 5) is 21.0. The molecule has 0 bridgehead atoms. The van der Waals surface area contributed by atoms with E-state index in [2.05, 4.69) is 46.8 Å². The van der Waals surface area contributed by atoms with Gasteiger partial charge in [-0.2, -0.15) is 0 Å². The Hall–Kier alpha value is -3.21. The molecule has 0 aliphatic carbocycles. The van der Waals surface area contributed by atoms with Gasteiger partial charge in [0.2, 0.25) is 0 Å². The van der Waals surface area contributed by atoms with E-state index in [-0.39, 0.29) is 5.56 Å². The van der Waals surface area contributed by atoms with Gasteiger partial charge in [-0.1, -0.05) is 35.9 Å². The first kappa shape index (κ1) is 15.3. The van der Waals surface area contributed by atoms with E-state index < -0.39 is 0 Å². The van der Waals surface area contributed by atoms with Crippen molar-refractivity contribution < 1.29 is 0 Å². The second-order valence-corrected chi connectivity index (χ2v) is 6.25. The molecule has 0 N–H and O–H groups in total. The second-order valence-electron chi connectivity index (χ2n) is 6.25. The SMILES string of the molecule is Cc1ccc(-c2nc3ccc(C)cn3c2Cn2cnccc2=O)cc1. The molecule has 0 atom stereocenters. The number of hydrogen-bond donors (Lipinski definition) is 0. The summed E-state index contributed by atoms with van der Waals surface area (Å²) in [7, 11) is 0. The highest BCUT2D eigenvalue weighted by molar-refractivity contribution is 5.67. The number of rotatable bonds is 3. The quantitative estimate of drug-likeness (QED) is 0.579. The molecule has 0 radical (unpaired) electrons. The molecule has 124 valence electrons. The Morgan fingerprint density at radius 3 is 2.48 bits per heavy atom. The topological polar surface area (TPSA) is 52.2 Å². The summed E-state index contributed by atoms with van der Waals surface area (Å²) >= 11 is 0. The van der Waals surface area contributed by atoms with Crippen LogP contribution in [-0.4, -0.2) is 18.9 Å². The van der Waals surface area contributed by atoms with Gasteiger partial charge in [0, 0.05) is 24.0 Å². The van der Waals surface area contributed by atoms with Crippen molar-refractivity contribution in [2.75, 3.05) is 0 Å². The molecule has 0 aliphatic heterocycles. The number of nitrogens with zero attached hydrogens (tertiary/aromatic N) is 4. The second kappa shape index (κ2) is 6.02. The van der Waals surface area contributed by atoms with Gasteiger partial charge >= 0.3 is 0 Å². The third-order valence-corrected chi connectivity index (χ3v) is 4.30. The van der Waals surface area contributed by atoms with Crippen LogP contribution in [0.3, 0.4) is 0 Å². The minimum absolute atomic E-state index is 0.0764. The molecule has 4 rings (SSSR count). The maximum atomic E-state index is 12.1. The summed E-state index contributed by atoms with van der Waals surface area (Å²) in [6.07, 6.45) is 5.13. The van der Waals surface area contributed by atoms with E-state index in [1.54, 1.807) is 10.9 Å². The molecule has 0 unspecified atom stereocenters. The van der Waals surface area contributed by atoms with E-state index in [4.69, 9.17) is 4.98 Å². The Morgan fingerprint density at radius 2 is 1.72 bits per heavy atom. The summed E-state index contributed by atoms with van der Waals surface area (Å²) in [5, 5.41) is 0. The summed E-state index contributed by atoms with van der Waals surface area (Å²) in [6.45, 7) is 4.53. The van der Waals surface area contributed by atoms with Crippen LogP contribution >= 0.6 is 0 Å². The van der Waals surface area contributed by atoms with Crippen LogP contribution in [0.15, 0.2) is 66.0 Å². The number of imidazole rings is 1. The average Bonchev–Trinajstić information content (AvgIpc) is 2.95. The zero-order chi connectivity index (χ0) is 17.4. The molecule has 3 aromatic heterocycles. The highest BCUT2D eigenvalue weighted by Crippen LogP contribution is 2.25. The van der Waals surface area contributed by atoms with Crippen LogP contribution in [0, 0.1) is 13.8 Å². The number of hydrogen-bond acceptors (Lipinski definition) is 3. The molecule has 5 nitrogen and oxygen atoms in total. The Kier molecular flexibility index (Phi) is 3.69. The monoisotopic (exact) mass is 330 g/mol. The zero-order valence-electron chi connectivity index (χ0n) is 14.2. The van der Waals surface area contributed by atoms with Gasteiger partial charge in [0.05, 0.1) is 24.3 Å². The van der Waals surface area contributed by atoms with Gasteiger partial charge in [-0.05, 0) is 25.5 Å². The largest absolute Gasteiger partial charge is 0.301 e. The van der Waals surface area contributed by atoms with E-state index in [0.29, 0.717) is 6.54 Å². The fourth-order valence-electron chi connectivity index (χ4n) is 2.95. The van der Waals surface area contributed by atoms with Crippen LogP contribution in [-0.2, 0) is 6.54 Å². The van der Waals surface area contributed by atoms with E-state index in [9.17, 15) is 4.79 Å². The van der Waals surface area contributed by atoms with E-state index in [1.807, 2.05) is 19.1 Å². The molecule has 25 heavy (non-hydrogen) atoms. The predicted octanol–water partition coefficient (Wildman–Crippen LogP) is 3.22. The highest BCUT2D eigenvalue weighted by atomic mass is 16.1. The van der Waals surface area contributed by atoms with E-state index in [1.165, 1.54) is 17.8 Å². The minimum Gasteiger partial charge on any atom is -0.301 e. The molecule has 0 saturated carbocycles. The first-order chi connectivity index (χ1) is 12.1. The number of aromatic nitrogens is 4. The Balaban J connectivity index is 1.94. The van der Waals surface area contributed by atoms with E-state index >= 15 is 0 Å². The standard InChI is InChI=1S/C20H18N4O/c1-14-3-6-16(7-4-14)20-17(12-23-13-21-10-9-19(23)25)24-11-15(2)5-8-18(24)22-20/h3-11,13H,12H2,1-2H3. The number of aryl methyl sites for hydroxylation is 2. The van der Waals surface area contributed by atoms with Crippen LogP contribution in [0.4, 0.5) is 0 Å². The van der Waals surface area contributed by atoms with Crippen LogP contribution < -0.4 is 5.56 Å². The minimum atomic E-state index is -0.0764. The summed E-state index contributed by atoms with van der Waals surface area (Å²) in [5.41, 5.74) is 6.03. The molecule has 5 heteroatoms. The lowest BCUT2D eigenvalue weighted by Crippen LogP contribution is -2.20. The Labute approximate surface area is 145 Å². The highest BCUT2D eigenvalue weighted by Gasteiger charge is 2.15. The molecule has 0 aliphatic rings. The van der Waals surface area contributed by atoms with Crippen LogP contribution in [0.25, 0.3) is 16.9 Å². The summed E-state index contributed by atoms with van der Waals surface area (Å²) in [6, 6.07) is 13.8. The van der Waals surface area contributed by atoms with Gasteiger partial charge in [-0.15, -0.1) is 0 Å². The lowest BCUT2D eigenvalue weighted by atomic mass is 10.1. The van der Waals surface area contributed by atoms with Crippen LogP contribution in [0.5, 0.6) is 0 Å².